The number of aromatic nitrogens is 4. The molecule has 4 aromatic rings. The third kappa shape index (κ3) is 3.39. The summed E-state index contributed by atoms with van der Waals surface area (Å²) in [6.07, 6.45) is 1.77. The van der Waals surface area contributed by atoms with E-state index in [1.807, 2.05) is 78.1 Å². The van der Waals surface area contributed by atoms with E-state index in [1.165, 1.54) is 0 Å². The summed E-state index contributed by atoms with van der Waals surface area (Å²) < 4.78 is 7.06. The van der Waals surface area contributed by atoms with Crippen LogP contribution >= 0.6 is 0 Å². The molecule has 7 nitrogen and oxygen atoms in total. The number of nitrogens with one attached hydrogen (secondary N) is 1. The van der Waals surface area contributed by atoms with Crippen molar-refractivity contribution in [3.63, 3.8) is 0 Å². The van der Waals surface area contributed by atoms with Crippen molar-refractivity contribution in [1.82, 2.24) is 19.6 Å². The van der Waals surface area contributed by atoms with Crippen molar-refractivity contribution in [2.45, 2.75) is 0 Å². The zero-order valence-corrected chi connectivity index (χ0v) is 15.4. The van der Waals surface area contributed by atoms with Crippen LogP contribution in [-0.2, 0) is 0 Å². The van der Waals surface area contributed by atoms with E-state index in [2.05, 4.69) is 20.4 Å². The predicted molar refractivity (Wildman–Crippen MR) is 107 cm³/mol. The highest BCUT2D eigenvalue weighted by molar-refractivity contribution is 5.65. The van der Waals surface area contributed by atoms with Crippen LogP contribution in [0.25, 0.3) is 16.9 Å². The Morgan fingerprint density at radius 2 is 1.81 bits per heavy atom. The van der Waals surface area contributed by atoms with E-state index in [9.17, 15) is 0 Å². The Morgan fingerprint density at radius 3 is 2.48 bits per heavy atom. The third-order valence-electron chi connectivity index (χ3n) is 4.21. The van der Waals surface area contributed by atoms with Crippen molar-refractivity contribution >= 4 is 23.1 Å². The van der Waals surface area contributed by atoms with E-state index in [-0.39, 0.29) is 0 Å². The maximum atomic E-state index is 5.23. The Balaban J connectivity index is 1.65. The second-order valence-corrected chi connectivity index (χ2v) is 6.27. The number of nitrogens with zero attached hydrogens (tertiary/aromatic N) is 5. The SMILES string of the molecule is COc1ccc(-c2cccc3nc(Nc4ccc(N(C)C)nc4)nn23)cc1. The Bertz CT molecular complexity index is 1050. The van der Waals surface area contributed by atoms with Crippen LogP contribution in [0.15, 0.2) is 60.8 Å². The molecule has 3 aromatic heterocycles. The van der Waals surface area contributed by atoms with Crippen molar-refractivity contribution in [1.29, 1.82) is 0 Å². The molecular formula is C20H20N6O. The lowest BCUT2D eigenvalue weighted by Gasteiger charge is -2.11. The van der Waals surface area contributed by atoms with Crippen LogP contribution in [0.5, 0.6) is 5.75 Å². The number of fused-ring (bicyclic) bond motifs is 1. The maximum Gasteiger partial charge on any atom is 0.247 e. The number of hydrogen-bond donors (Lipinski definition) is 1. The monoisotopic (exact) mass is 360 g/mol. The van der Waals surface area contributed by atoms with E-state index in [1.54, 1.807) is 13.3 Å². The molecule has 0 atom stereocenters. The van der Waals surface area contributed by atoms with Crippen molar-refractivity contribution in [2.75, 3.05) is 31.4 Å². The molecule has 0 unspecified atom stereocenters. The standard InChI is InChI=1S/C20H20N6O/c1-25(2)18-12-9-15(13-21-18)22-20-23-19-6-4-5-17(26(19)24-20)14-7-10-16(27-3)11-8-14/h4-13H,1-3H3,(H,22,24). The summed E-state index contributed by atoms with van der Waals surface area (Å²) in [6, 6.07) is 17.7. The molecule has 0 radical (unpaired) electrons. The molecular weight excluding hydrogens is 340 g/mol. The zero-order valence-electron chi connectivity index (χ0n) is 15.4. The normalized spacial score (nSPS) is 10.8. The molecule has 0 aliphatic rings. The number of hydrogen-bond acceptors (Lipinski definition) is 6. The van der Waals surface area contributed by atoms with E-state index < -0.39 is 0 Å². The number of ether oxygens (including phenoxy) is 1. The number of benzene rings is 1. The Kier molecular flexibility index (Phi) is 4.33. The molecule has 0 saturated heterocycles. The van der Waals surface area contributed by atoms with Crippen molar-refractivity contribution in [2.24, 2.45) is 0 Å². The highest BCUT2D eigenvalue weighted by Gasteiger charge is 2.09. The van der Waals surface area contributed by atoms with E-state index in [4.69, 9.17) is 4.74 Å². The first-order valence-corrected chi connectivity index (χ1v) is 8.54. The first-order chi connectivity index (χ1) is 13.1. The fourth-order valence-electron chi connectivity index (χ4n) is 2.79. The number of rotatable bonds is 5. The summed E-state index contributed by atoms with van der Waals surface area (Å²) in [5.74, 6) is 2.24. The Morgan fingerprint density at radius 1 is 1.00 bits per heavy atom. The number of anilines is 3. The van der Waals surface area contributed by atoms with Gasteiger partial charge in [-0.25, -0.2) is 9.50 Å². The molecule has 0 saturated carbocycles. The lowest BCUT2D eigenvalue weighted by Crippen LogP contribution is -2.10. The summed E-state index contributed by atoms with van der Waals surface area (Å²) in [6.45, 7) is 0. The van der Waals surface area contributed by atoms with Gasteiger partial charge in [0.2, 0.25) is 5.95 Å². The van der Waals surface area contributed by atoms with Gasteiger partial charge in [0.1, 0.15) is 11.6 Å². The quantitative estimate of drug-likeness (QED) is 0.586. The summed E-state index contributed by atoms with van der Waals surface area (Å²) in [7, 11) is 5.57. The summed E-state index contributed by atoms with van der Waals surface area (Å²) >= 11 is 0. The fourth-order valence-corrected chi connectivity index (χ4v) is 2.79. The average molecular weight is 360 g/mol. The molecule has 27 heavy (non-hydrogen) atoms. The molecule has 0 aliphatic heterocycles. The molecule has 0 amide bonds. The number of methoxy groups -OCH3 is 1. The van der Waals surface area contributed by atoms with E-state index in [0.717, 1.165) is 34.2 Å². The summed E-state index contributed by atoms with van der Waals surface area (Å²) in [5.41, 5.74) is 3.60. The van der Waals surface area contributed by atoms with Gasteiger partial charge in [0.05, 0.1) is 24.7 Å². The largest absolute Gasteiger partial charge is 0.497 e. The van der Waals surface area contributed by atoms with Crippen LogP contribution in [0.3, 0.4) is 0 Å². The summed E-state index contributed by atoms with van der Waals surface area (Å²) in [5, 5.41) is 7.82. The maximum absolute atomic E-state index is 5.23. The predicted octanol–water partition coefficient (Wildman–Crippen LogP) is 3.61. The minimum atomic E-state index is 0.523. The minimum Gasteiger partial charge on any atom is -0.497 e. The van der Waals surface area contributed by atoms with Gasteiger partial charge >= 0.3 is 0 Å². The van der Waals surface area contributed by atoms with Crippen LogP contribution < -0.4 is 15.0 Å². The molecule has 4 rings (SSSR count). The van der Waals surface area contributed by atoms with Gasteiger partial charge in [-0.1, -0.05) is 6.07 Å². The fraction of sp³-hybridized carbons (Fsp3) is 0.150. The van der Waals surface area contributed by atoms with Crippen molar-refractivity contribution < 1.29 is 4.74 Å². The van der Waals surface area contributed by atoms with Gasteiger partial charge in [-0.2, -0.15) is 4.98 Å². The van der Waals surface area contributed by atoms with E-state index >= 15 is 0 Å². The second kappa shape index (κ2) is 6.95. The first-order valence-electron chi connectivity index (χ1n) is 8.54. The highest BCUT2D eigenvalue weighted by atomic mass is 16.5. The lowest BCUT2D eigenvalue weighted by molar-refractivity contribution is 0.415. The Labute approximate surface area is 157 Å². The van der Waals surface area contributed by atoms with Crippen LogP contribution in [0.4, 0.5) is 17.5 Å². The van der Waals surface area contributed by atoms with E-state index in [0.29, 0.717) is 5.95 Å². The average Bonchev–Trinajstić information content (AvgIpc) is 3.11. The summed E-state index contributed by atoms with van der Waals surface area (Å²) in [4.78, 5) is 10.9. The smallest absolute Gasteiger partial charge is 0.247 e. The van der Waals surface area contributed by atoms with Gasteiger partial charge in [-0.3, -0.25) is 0 Å². The first kappa shape index (κ1) is 16.8. The van der Waals surface area contributed by atoms with Crippen molar-refractivity contribution in [3.8, 4) is 17.0 Å². The van der Waals surface area contributed by atoms with Crippen molar-refractivity contribution in [3.05, 3.63) is 60.8 Å². The molecule has 3 heterocycles. The second-order valence-electron chi connectivity index (χ2n) is 6.27. The number of pyridine rings is 2. The molecule has 0 spiro atoms. The molecule has 0 bridgehead atoms. The molecule has 7 heteroatoms. The van der Waals surface area contributed by atoms with Gasteiger partial charge in [0.15, 0.2) is 5.65 Å². The van der Waals surface area contributed by atoms with Crippen LogP contribution in [0.1, 0.15) is 0 Å². The lowest BCUT2D eigenvalue weighted by atomic mass is 10.1. The topological polar surface area (TPSA) is 67.6 Å². The van der Waals surface area contributed by atoms with Gasteiger partial charge < -0.3 is 15.0 Å². The molecule has 136 valence electrons. The van der Waals surface area contributed by atoms with Crippen LogP contribution in [0.2, 0.25) is 0 Å². The molecule has 1 N–H and O–H groups in total. The minimum absolute atomic E-state index is 0.523. The van der Waals surface area contributed by atoms with Crippen LogP contribution in [-0.4, -0.2) is 40.8 Å². The zero-order chi connectivity index (χ0) is 18.8. The van der Waals surface area contributed by atoms with Gasteiger partial charge in [0, 0.05) is 19.7 Å². The molecule has 1 aromatic carbocycles. The highest BCUT2D eigenvalue weighted by Crippen LogP contribution is 2.24. The van der Waals surface area contributed by atoms with Gasteiger partial charge in [0.25, 0.3) is 0 Å². The Hall–Kier alpha value is -3.61. The van der Waals surface area contributed by atoms with Gasteiger partial charge in [-0.15, -0.1) is 5.10 Å². The molecule has 0 fully saturated rings. The molecule has 0 aliphatic carbocycles. The van der Waals surface area contributed by atoms with Gasteiger partial charge in [-0.05, 0) is 48.5 Å². The van der Waals surface area contributed by atoms with Crippen LogP contribution in [0, 0.1) is 0 Å². The third-order valence-corrected chi connectivity index (χ3v) is 4.21.